The minimum absolute atomic E-state index is 0.0851. The van der Waals surface area contributed by atoms with Gasteiger partial charge in [-0.05, 0) is 67.4 Å². The summed E-state index contributed by atoms with van der Waals surface area (Å²) in [6, 6.07) is 11.4. The third-order valence-electron chi connectivity index (χ3n) is 7.88. The minimum atomic E-state index is -4.49. The number of esters is 1. The Labute approximate surface area is 295 Å². The highest BCUT2D eigenvalue weighted by Crippen LogP contribution is 2.39. The number of thioether (sulfide) groups is 1. The molecule has 258 valence electrons. The molecule has 15 heteroatoms. The number of halogens is 5. The van der Waals surface area contributed by atoms with Gasteiger partial charge < -0.3 is 9.47 Å². The van der Waals surface area contributed by atoms with Crippen LogP contribution in [0.25, 0.3) is 5.69 Å². The van der Waals surface area contributed by atoms with Gasteiger partial charge in [-0.2, -0.15) is 4.31 Å². The molecule has 3 aromatic carbocycles. The molecule has 1 heterocycles. The largest absolute Gasteiger partial charge is 0.495 e. The molecule has 1 aromatic heterocycles. The zero-order valence-corrected chi connectivity index (χ0v) is 30.7. The van der Waals surface area contributed by atoms with Crippen molar-refractivity contribution in [3.05, 3.63) is 100 Å². The number of alkyl halides is 1. The molecule has 0 saturated heterocycles. The molecule has 8 nitrogen and oxygen atoms in total. The second-order valence-electron chi connectivity index (χ2n) is 11.2. The molecule has 48 heavy (non-hydrogen) atoms. The van der Waals surface area contributed by atoms with Gasteiger partial charge in [0.2, 0.25) is 10.0 Å². The lowest BCUT2D eigenvalue weighted by atomic mass is 9.81. The first-order valence-electron chi connectivity index (χ1n) is 14.6. The van der Waals surface area contributed by atoms with E-state index in [2.05, 4.69) is 20.9 Å². The highest BCUT2D eigenvalue weighted by molar-refractivity contribution is 9.09. The average molecular weight is 789 g/mol. The Hall–Kier alpha value is -3.04. The first kappa shape index (κ1) is 37.8. The van der Waals surface area contributed by atoms with Crippen molar-refractivity contribution in [1.29, 1.82) is 0 Å². The van der Waals surface area contributed by atoms with Crippen LogP contribution in [0.15, 0.2) is 70.8 Å². The SMILES string of the molecule is COC(=O)[C@@H](C)N(CCCBr)S(=O)(=O)c1cc(F)c(CSc2ncc(C(C)(C)c3ccc(Cl)c(OC)c3)n2-c2ccc(F)cc2)c(F)c1. The van der Waals surface area contributed by atoms with Crippen LogP contribution in [0, 0.1) is 17.5 Å². The quantitative estimate of drug-likeness (QED) is 0.0729. The summed E-state index contributed by atoms with van der Waals surface area (Å²) >= 11 is 10.5. The zero-order chi connectivity index (χ0) is 35.4. The molecule has 0 spiro atoms. The summed E-state index contributed by atoms with van der Waals surface area (Å²) in [7, 11) is -1.85. The molecular formula is C33H34BrClF3N3O5S2. The van der Waals surface area contributed by atoms with Crippen molar-refractivity contribution in [1.82, 2.24) is 13.9 Å². The molecule has 1 atom stereocenters. The molecule has 4 rings (SSSR count). The highest BCUT2D eigenvalue weighted by atomic mass is 79.9. The molecule has 0 aliphatic heterocycles. The maximum absolute atomic E-state index is 15.5. The number of hydrogen-bond acceptors (Lipinski definition) is 7. The van der Waals surface area contributed by atoms with Crippen LogP contribution in [0.2, 0.25) is 5.02 Å². The Morgan fingerprint density at radius 1 is 1.08 bits per heavy atom. The summed E-state index contributed by atoms with van der Waals surface area (Å²) < 4.78 is 84.8. The smallest absolute Gasteiger partial charge is 0.323 e. The second-order valence-corrected chi connectivity index (χ2v) is 15.3. The van der Waals surface area contributed by atoms with Crippen LogP contribution < -0.4 is 4.74 Å². The van der Waals surface area contributed by atoms with Crippen LogP contribution in [0.5, 0.6) is 5.75 Å². The fourth-order valence-electron chi connectivity index (χ4n) is 5.08. The number of carbonyl (C=O) groups excluding carboxylic acids is 1. The van der Waals surface area contributed by atoms with Crippen molar-refractivity contribution in [3.63, 3.8) is 0 Å². The number of benzene rings is 3. The summed E-state index contributed by atoms with van der Waals surface area (Å²) in [5.74, 6) is -3.19. The third kappa shape index (κ3) is 7.88. The van der Waals surface area contributed by atoms with E-state index >= 15 is 8.78 Å². The molecule has 0 saturated carbocycles. The molecule has 0 fully saturated rings. The first-order chi connectivity index (χ1) is 22.7. The van der Waals surface area contributed by atoms with Gasteiger partial charge in [0.05, 0.1) is 36.0 Å². The van der Waals surface area contributed by atoms with Gasteiger partial charge in [0.25, 0.3) is 0 Å². The van der Waals surface area contributed by atoms with Gasteiger partial charge in [0, 0.05) is 34.3 Å². The van der Waals surface area contributed by atoms with E-state index in [1.807, 2.05) is 26.0 Å². The Kier molecular flexibility index (Phi) is 12.3. The molecule has 0 N–H and O–H groups in total. The van der Waals surface area contributed by atoms with Crippen molar-refractivity contribution >= 4 is 55.3 Å². The number of ether oxygens (including phenoxy) is 2. The Balaban J connectivity index is 1.72. The minimum Gasteiger partial charge on any atom is -0.495 e. The monoisotopic (exact) mass is 787 g/mol. The van der Waals surface area contributed by atoms with E-state index in [9.17, 15) is 17.6 Å². The number of nitrogens with zero attached hydrogens (tertiary/aromatic N) is 3. The number of hydrogen-bond donors (Lipinski definition) is 0. The maximum Gasteiger partial charge on any atom is 0.323 e. The highest BCUT2D eigenvalue weighted by Gasteiger charge is 2.35. The summed E-state index contributed by atoms with van der Waals surface area (Å²) in [6.07, 6.45) is 1.98. The van der Waals surface area contributed by atoms with Crippen molar-refractivity contribution in [2.24, 2.45) is 0 Å². The Morgan fingerprint density at radius 2 is 1.73 bits per heavy atom. The van der Waals surface area contributed by atoms with Crippen molar-refractivity contribution < 1.29 is 35.9 Å². The van der Waals surface area contributed by atoms with Crippen molar-refractivity contribution in [3.8, 4) is 11.4 Å². The Bertz CT molecular complexity index is 1870. The van der Waals surface area contributed by atoms with Crippen LogP contribution in [0.1, 0.15) is 44.0 Å². The van der Waals surface area contributed by atoms with Gasteiger partial charge in [0.1, 0.15) is 29.2 Å². The van der Waals surface area contributed by atoms with Crippen LogP contribution in [0.3, 0.4) is 0 Å². The topological polar surface area (TPSA) is 90.7 Å². The lowest BCUT2D eigenvalue weighted by Crippen LogP contribution is -2.44. The lowest BCUT2D eigenvalue weighted by molar-refractivity contribution is -0.144. The van der Waals surface area contributed by atoms with E-state index in [4.69, 9.17) is 21.1 Å². The van der Waals surface area contributed by atoms with Gasteiger partial charge in [-0.3, -0.25) is 9.36 Å². The molecule has 0 aliphatic carbocycles. The van der Waals surface area contributed by atoms with E-state index in [0.717, 1.165) is 40.9 Å². The van der Waals surface area contributed by atoms with E-state index in [1.54, 1.807) is 29.0 Å². The second kappa shape index (κ2) is 15.7. The molecule has 0 unspecified atom stereocenters. The molecule has 0 amide bonds. The van der Waals surface area contributed by atoms with Crippen molar-refractivity contribution in [2.75, 3.05) is 26.1 Å². The van der Waals surface area contributed by atoms with Gasteiger partial charge >= 0.3 is 5.97 Å². The summed E-state index contributed by atoms with van der Waals surface area (Å²) in [5, 5.41) is 1.23. The van der Waals surface area contributed by atoms with Gasteiger partial charge in [0.15, 0.2) is 5.16 Å². The average Bonchev–Trinajstić information content (AvgIpc) is 3.49. The number of aromatic nitrogens is 2. The van der Waals surface area contributed by atoms with E-state index < -0.39 is 49.8 Å². The van der Waals surface area contributed by atoms with E-state index in [1.165, 1.54) is 26.2 Å². The predicted octanol–water partition coefficient (Wildman–Crippen LogP) is 7.91. The fourth-order valence-corrected chi connectivity index (χ4v) is 8.18. The fraction of sp³-hybridized carbons (Fsp3) is 0.333. The Morgan fingerprint density at radius 3 is 2.31 bits per heavy atom. The van der Waals surface area contributed by atoms with Crippen LogP contribution in [0.4, 0.5) is 13.2 Å². The number of rotatable bonds is 14. The summed E-state index contributed by atoms with van der Waals surface area (Å²) in [4.78, 5) is 16.1. The summed E-state index contributed by atoms with van der Waals surface area (Å²) in [6.45, 7) is 5.18. The number of methoxy groups -OCH3 is 2. The number of sulfonamides is 1. The molecular weight excluding hydrogens is 755 g/mol. The predicted molar refractivity (Wildman–Crippen MR) is 183 cm³/mol. The van der Waals surface area contributed by atoms with Gasteiger partial charge in [-0.25, -0.2) is 26.6 Å². The number of carbonyl (C=O) groups is 1. The summed E-state index contributed by atoms with van der Waals surface area (Å²) in [5.41, 5.74) is 1.01. The van der Waals surface area contributed by atoms with Gasteiger partial charge in [-0.1, -0.05) is 59.2 Å². The molecule has 0 bridgehead atoms. The number of imidazole rings is 1. The maximum atomic E-state index is 15.5. The zero-order valence-electron chi connectivity index (χ0n) is 26.8. The molecule has 0 aliphatic rings. The molecule has 4 aromatic rings. The normalized spacial score (nSPS) is 12.7. The van der Waals surface area contributed by atoms with Crippen LogP contribution >= 0.6 is 39.3 Å². The third-order valence-corrected chi connectivity index (χ3v) is 11.7. The van der Waals surface area contributed by atoms with Crippen LogP contribution in [-0.2, 0) is 30.7 Å². The standard InChI is InChI=1S/C33H34BrClF3N3O5S2/c1-20(31(42)46-5)40(14-6-13-34)48(43,44)24-16-27(37)25(28(38)17-24)19-47-32-39-18-30(41(32)23-10-8-22(36)9-11-23)33(2,3)21-7-12-26(35)29(15-21)45-4/h7-12,15-18,20H,6,13-14,19H2,1-5H3/t20-/m1/s1. The van der Waals surface area contributed by atoms with Gasteiger partial charge in [-0.15, -0.1) is 0 Å². The van der Waals surface area contributed by atoms with E-state index in [-0.39, 0.29) is 17.9 Å². The van der Waals surface area contributed by atoms with Crippen LogP contribution in [-0.4, -0.2) is 60.4 Å². The van der Waals surface area contributed by atoms with Crippen molar-refractivity contribution in [2.45, 2.75) is 54.5 Å². The van der Waals surface area contributed by atoms with E-state index in [0.29, 0.717) is 39.1 Å². The first-order valence-corrected chi connectivity index (χ1v) is 18.5. The molecule has 0 radical (unpaired) electrons. The lowest BCUT2D eigenvalue weighted by Gasteiger charge is -2.28.